The van der Waals surface area contributed by atoms with E-state index in [1.807, 2.05) is 0 Å². The number of hydrogen-bond donors (Lipinski definition) is 0. The Labute approximate surface area is 91.5 Å². The second-order valence-electron chi connectivity index (χ2n) is 3.14. The quantitative estimate of drug-likeness (QED) is 0.728. The number of nitroso groups, excluding NO2 is 1. The number of rotatable bonds is 3. The highest BCUT2D eigenvalue weighted by molar-refractivity contribution is 5.42. The molecule has 0 amide bonds. The minimum Gasteiger partial charge on any atom is -0.457 e. The third-order valence-corrected chi connectivity index (χ3v) is 1.99. The van der Waals surface area contributed by atoms with Crippen molar-refractivity contribution in [1.82, 2.24) is 0 Å². The van der Waals surface area contributed by atoms with E-state index in [1.54, 1.807) is 24.3 Å². The summed E-state index contributed by atoms with van der Waals surface area (Å²) in [7, 11) is 0. The van der Waals surface area contributed by atoms with Crippen LogP contribution in [0.15, 0.2) is 53.7 Å². The number of benzene rings is 2. The van der Waals surface area contributed by atoms with Crippen molar-refractivity contribution in [3.05, 3.63) is 59.3 Å². The van der Waals surface area contributed by atoms with Crippen LogP contribution in [0.1, 0.15) is 0 Å². The first-order valence-electron chi connectivity index (χ1n) is 4.65. The van der Waals surface area contributed by atoms with Crippen molar-refractivity contribution in [2.45, 2.75) is 0 Å². The molecule has 0 heterocycles. The Morgan fingerprint density at radius 3 is 1.88 bits per heavy atom. The molecule has 0 radical (unpaired) electrons. The largest absolute Gasteiger partial charge is 0.457 e. The first-order valence-corrected chi connectivity index (χ1v) is 4.65. The van der Waals surface area contributed by atoms with Gasteiger partial charge in [0.2, 0.25) is 0 Å². The molecular weight excluding hydrogens is 209 g/mol. The summed E-state index contributed by atoms with van der Waals surface area (Å²) in [6.07, 6.45) is 0. The van der Waals surface area contributed by atoms with Gasteiger partial charge in [0.05, 0.1) is 0 Å². The van der Waals surface area contributed by atoms with Crippen LogP contribution in [0.25, 0.3) is 0 Å². The molecule has 16 heavy (non-hydrogen) atoms. The molecule has 2 rings (SSSR count). The lowest BCUT2D eigenvalue weighted by atomic mass is 10.3. The van der Waals surface area contributed by atoms with Gasteiger partial charge in [0, 0.05) is 0 Å². The topological polar surface area (TPSA) is 38.7 Å². The molecule has 0 saturated heterocycles. The monoisotopic (exact) mass is 217 g/mol. The van der Waals surface area contributed by atoms with Crippen LogP contribution in [0.2, 0.25) is 0 Å². The Balaban J connectivity index is 2.14. The van der Waals surface area contributed by atoms with Gasteiger partial charge >= 0.3 is 0 Å². The number of hydrogen-bond acceptors (Lipinski definition) is 3. The number of halogens is 1. The van der Waals surface area contributed by atoms with Crippen molar-refractivity contribution in [3.63, 3.8) is 0 Å². The van der Waals surface area contributed by atoms with Crippen LogP contribution in [0, 0.1) is 10.7 Å². The highest BCUT2D eigenvalue weighted by atomic mass is 19.1. The lowest BCUT2D eigenvalue weighted by Gasteiger charge is -2.04. The van der Waals surface area contributed by atoms with Crippen molar-refractivity contribution >= 4 is 5.69 Å². The van der Waals surface area contributed by atoms with Crippen molar-refractivity contribution in [2.24, 2.45) is 5.18 Å². The fourth-order valence-electron chi connectivity index (χ4n) is 1.21. The summed E-state index contributed by atoms with van der Waals surface area (Å²) in [4.78, 5) is 10.2. The summed E-state index contributed by atoms with van der Waals surface area (Å²) in [5.41, 5.74) is 0.339. The molecule has 0 spiro atoms. The second-order valence-corrected chi connectivity index (χ2v) is 3.14. The van der Waals surface area contributed by atoms with E-state index in [1.165, 1.54) is 24.3 Å². The Kier molecular flexibility index (Phi) is 2.91. The Bertz CT molecular complexity index is 479. The maximum atomic E-state index is 12.6. The van der Waals surface area contributed by atoms with Gasteiger partial charge in [-0.1, -0.05) is 0 Å². The Morgan fingerprint density at radius 1 is 0.875 bits per heavy atom. The molecule has 3 nitrogen and oxygen atoms in total. The van der Waals surface area contributed by atoms with Crippen LogP contribution < -0.4 is 4.74 Å². The van der Waals surface area contributed by atoms with E-state index >= 15 is 0 Å². The van der Waals surface area contributed by atoms with Gasteiger partial charge in [-0.05, 0) is 53.7 Å². The zero-order chi connectivity index (χ0) is 11.4. The molecule has 0 aliphatic carbocycles. The molecule has 0 unspecified atom stereocenters. The third-order valence-electron chi connectivity index (χ3n) is 1.99. The molecule has 0 aromatic heterocycles. The minimum atomic E-state index is -0.312. The molecule has 0 aliphatic heterocycles. The third kappa shape index (κ3) is 2.42. The van der Waals surface area contributed by atoms with E-state index in [0.717, 1.165) is 0 Å². The average molecular weight is 217 g/mol. The molecular formula is C12H8FNO2. The SMILES string of the molecule is O=Nc1ccc(Oc2ccc(F)cc2)cc1. The van der Waals surface area contributed by atoms with E-state index < -0.39 is 0 Å². The summed E-state index contributed by atoms with van der Waals surface area (Å²) in [6.45, 7) is 0. The van der Waals surface area contributed by atoms with E-state index in [2.05, 4.69) is 5.18 Å². The van der Waals surface area contributed by atoms with Gasteiger partial charge in [-0.25, -0.2) is 4.39 Å². The van der Waals surface area contributed by atoms with Gasteiger partial charge in [0.25, 0.3) is 0 Å². The van der Waals surface area contributed by atoms with Crippen LogP contribution >= 0.6 is 0 Å². The average Bonchev–Trinajstić information content (AvgIpc) is 2.33. The number of nitrogens with zero attached hydrogens (tertiary/aromatic N) is 1. The molecule has 2 aromatic rings. The Hall–Kier alpha value is -2.23. The molecule has 0 bridgehead atoms. The van der Waals surface area contributed by atoms with Crippen molar-refractivity contribution in [1.29, 1.82) is 0 Å². The predicted molar refractivity (Wildman–Crippen MR) is 58.4 cm³/mol. The standard InChI is InChI=1S/C12H8FNO2/c13-9-1-5-11(6-2-9)16-12-7-3-10(14-15)4-8-12/h1-8H. The molecule has 0 atom stereocenters. The molecule has 0 N–H and O–H groups in total. The van der Waals surface area contributed by atoms with Crippen LogP contribution in [-0.4, -0.2) is 0 Å². The predicted octanol–water partition coefficient (Wildman–Crippen LogP) is 4.02. The van der Waals surface area contributed by atoms with Gasteiger partial charge < -0.3 is 4.74 Å². The molecule has 4 heteroatoms. The smallest absolute Gasteiger partial charge is 0.127 e. The van der Waals surface area contributed by atoms with Crippen molar-refractivity contribution < 1.29 is 9.13 Å². The molecule has 0 aliphatic rings. The van der Waals surface area contributed by atoms with Gasteiger partial charge in [-0.3, -0.25) is 0 Å². The minimum absolute atomic E-state index is 0.312. The van der Waals surface area contributed by atoms with Gasteiger partial charge in [-0.2, -0.15) is 0 Å². The lowest BCUT2D eigenvalue weighted by Crippen LogP contribution is -1.83. The summed E-state index contributed by atoms with van der Waals surface area (Å²) in [6, 6.07) is 12.0. The van der Waals surface area contributed by atoms with Crippen molar-refractivity contribution in [2.75, 3.05) is 0 Å². The van der Waals surface area contributed by atoms with E-state index in [0.29, 0.717) is 17.2 Å². The first kappa shape index (κ1) is 10.3. The highest BCUT2D eigenvalue weighted by Crippen LogP contribution is 2.23. The summed E-state index contributed by atoms with van der Waals surface area (Å²) < 4.78 is 18.0. The summed E-state index contributed by atoms with van der Waals surface area (Å²) >= 11 is 0. The maximum absolute atomic E-state index is 12.6. The van der Waals surface area contributed by atoms with Crippen LogP contribution in [-0.2, 0) is 0 Å². The van der Waals surface area contributed by atoms with E-state index in [-0.39, 0.29) is 5.82 Å². The lowest BCUT2D eigenvalue weighted by molar-refractivity contribution is 0.480. The van der Waals surface area contributed by atoms with Gasteiger partial charge in [0.15, 0.2) is 0 Å². The fraction of sp³-hybridized carbons (Fsp3) is 0. The van der Waals surface area contributed by atoms with E-state index in [4.69, 9.17) is 4.74 Å². The van der Waals surface area contributed by atoms with Crippen LogP contribution in [0.3, 0.4) is 0 Å². The molecule has 80 valence electrons. The molecule has 0 saturated carbocycles. The second kappa shape index (κ2) is 4.53. The van der Waals surface area contributed by atoms with Gasteiger partial charge in [-0.15, -0.1) is 4.91 Å². The van der Waals surface area contributed by atoms with E-state index in [9.17, 15) is 9.30 Å². The fourth-order valence-corrected chi connectivity index (χ4v) is 1.21. The normalized spacial score (nSPS) is 9.81. The molecule has 0 fully saturated rings. The van der Waals surface area contributed by atoms with Crippen LogP contribution in [0.5, 0.6) is 11.5 Å². The van der Waals surface area contributed by atoms with Gasteiger partial charge in [0.1, 0.15) is 23.0 Å². The van der Waals surface area contributed by atoms with Crippen molar-refractivity contribution in [3.8, 4) is 11.5 Å². The highest BCUT2D eigenvalue weighted by Gasteiger charge is 1.98. The van der Waals surface area contributed by atoms with Crippen LogP contribution in [0.4, 0.5) is 10.1 Å². The Morgan fingerprint density at radius 2 is 1.38 bits per heavy atom. The number of ether oxygens (including phenoxy) is 1. The zero-order valence-electron chi connectivity index (χ0n) is 8.26. The summed E-state index contributed by atoms with van der Waals surface area (Å²) in [5.74, 6) is 0.792. The maximum Gasteiger partial charge on any atom is 0.127 e. The summed E-state index contributed by atoms with van der Waals surface area (Å²) in [5, 5.41) is 2.78. The first-order chi connectivity index (χ1) is 7.78. The zero-order valence-corrected chi connectivity index (χ0v) is 8.26. The molecule has 2 aromatic carbocycles.